The highest BCUT2D eigenvalue weighted by Gasteiger charge is 2.21. The van der Waals surface area contributed by atoms with Crippen LogP contribution in [0.15, 0.2) is 24.3 Å². The smallest absolute Gasteiger partial charge is 0.125 e. The number of ether oxygens (including phenoxy) is 1. The number of nitrogens with one attached hydrogen (secondary N) is 1. The van der Waals surface area contributed by atoms with E-state index in [0.717, 1.165) is 38.4 Å². The maximum absolute atomic E-state index is 6.18. The summed E-state index contributed by atoms with van der Waals surface area (Å²) < 4.78 is 6.48. The summed E-state index contributed by atoms with van der Waals surface area (Å²) in [6.45, 7) is 0.716. The molecule has 0 amide bonds. The van der Waals surface area contributed by atoms with Crippen LogP contribution in [0.5, 0.6) is 5.75 Å². The lowest BCUT2D eigenvalue weighted by Crippen LogP contribution is -2.29. The number of nitrogens with two attached hydrogens (primary N) is 1. The van der Waals surface area contributed by atoms with Gasteiger partial charge in [-0.1, -0.05) is 23.2 Å². The van der Waals surface area contributed by atoms with Crippen molar-refractivity contribution < 1.29 is 4.74 Å². The molecule has 0 fully saturated rings. The molecule has 0 spiro atoms. The number of rotatable bonds is 4. The molecule has 0 aliphatic carbocycles. The van der Waals surface area contributed by atoms with Gasteiger partial charge in [-0.2, -0.15) is 0 Å². The Bertz CT molecular complexity index is 630. The molecule has 1 aliphatic heterocycles. The molecule has 3 nitrogen and oxygen atoms in total. The number of hydrogen-bond acceptors (Lipinski definition) is 4. The topological polar surface area (TPSA) is 47.3 Å². The molecular weight excluding hydrogens is 315 g/mol. The average Bonchev–Trinajstić information content (AvgIpc) is 3.04. The lowest BCUT2D eigenvalue weighted by molar-refractivity contribution is 0.351. The van der Waals surface area contributed by atoms with E-state index in [2.05, 4.69) is 5.43 Å². The van der Waals surface area contributed by atoms with Crippen LogP contribution in [0, 0.1) is 0 Å². The molecule has 0 saturated heterocycles. The molecule has 2 aromatic rings. The summed E-state index contributed by atoms with van der Waals surface area (Å²) in [7, 11) is 0. The minimum Gasteiger partial charge on any atom is -0.493 e. The zero-order valence-electron chi connectivity index (χ0n) is 10.7. The van der Waals surface area contributed by atoms with Gasteiger partial charge in [-0.25, -0.2) is 0 Å². The van der Waals surface area contributed by atoms with Crippen LogP contribution in [0.3, 0.4) is 0 Å². The van der Waals surface area contributed by atoms with Gasteiger partial charge in [-0.05, 0) is 41.8 Å². The van der Waals surface area contributed by atoms with E-state index < -0.39 is 0 Å². The van der Waals surface area contributed by atoms with Crippen LogP contribution in [0.4, 0.5) is 0 Å². The number of halogens is 2. The van der Waals surface area contributed by atoms with Crippen molar-refractivity contribution in [1.82, 2.24) is 5.43 Å². The fourth-order valence-corrected chi connectivity index (χ4v) is 3.86. The third-order valence-electron chi connectivity index (χ3n) is 3.39. The normalized spacial score (nSPS) is 14.9. The second-order valence-electron chi connectivity index (χ2n) is 4.72. The van der Waals surface area contributed by atoms with Crippen molar-refractivity contribution >= 4 is 34.5 Å². The molecule has 1 aromatic heterocycles. The van der Waals surface area contributed by atoms with E-state index in [1.807, 2.05) is 24.3 Å². The highest BCUT2D eigenvalue weighted by atomic mass is 35.5. The quantitative estimate of drug-likeness (QED) is 0.664. The fraction of sp³-hybridized carbons (Fsp3) is 0.286. The lowest BCUT2D eigenvalue weighted by Gasteiger charge is -2.16. The molecule has 1 aromatic carbocycles. The summed E-state index contributed by atoms with van der Waals surface area (Å²) in [5.74, 6) is 6.64. The highest BCUT2D eigenvalue weighted by molar-refractivity contribution is 7.16. The van der Waals surface area contributed by atoms with Gasteiger partial charge in [0.05, 0.1) is 17.0 Å². The maximum atomic E-state index is 6.18. The molecule has 1 unspecified atom stereocenters. The Kier molecular flexibility index (Phi) is 4.19. The minimum atomic E-state index is -0.000679. The van der Waals surface area contributed by atoms with Crippen molar-refractivity contribution in [3.63, 3.8) is 0 Å². The van der Waals surface area contributed by atoms with Crippen LogP contribution in [-0.4, -0.2) is 6.61 Å². The number of hydrazine groups is 1. The van der Waals surface area contributed by atoms with E-state index in [9.17, 15) is 0 Å². The summed E-state index contributed by atoms with van der Waals surface area (Å²) in [6, 6.07) is 7.79. The zero-order valence-corrected chi connectivity index (χ0v) is 13.0. The van der Waals surface area contributed by atoms with Gasteiger partial charge in [-0.3, -0.25) is 11.3 Å². The van der Waals surface area contributed by atoms with Gasteiger partial charge >= 0.3 is 0 Å². The Labute approximate surface area is 131 Å². The first kappa shape index (κ1) is 14.2. The van der Waals surface area contributed by atoms with Crippen LogP contribution in [0.2, 0.25) is 9.36 Å². The minimum absolute atomic E-state index is 0.000679. The molecule has 106 valence electrons. The number of thiophene rings is 1. The third kappa shape index (κ3) is 2.80. The predicted molar refractivity (Wildman–Crippen MR) is 83.7 cm³/mol. The molecule has 2 heterocycles. The molecule has 1 aliphatic rings. The summed E-state index contributed by atoms with van der Waals surface area (Å²) >= 11 is 13.7. The van der Waals surface area contributed by atoms with Gasteiger partial charge in [0.2, 0.25) is 0 Å². The van der Waals surface area contributed by atoms with Crippen molar-refractivity contribution in [3.05, 3.63) is 49.6 Å². The van der Waals surface area contributed by atoms with Crippen LogP contribution < -0.4 is 16.0 Å². The predicted octanol–water partition coefficient (Wildman–Crippen LogP) is 3.74. The zero-order chi connectivity index (χ0) is 14.1. The Morgan fingerprint density at radius 2 is 2.20 bits per heavy atom. The average molecular weight is 329 g/mol. The molecule has 0 saturated carbocycles. The van der Waals surface area contributed by atoms with Crippen LogP contribution in [0.25, 0.3) is 0 Å². The van der Waals surface area contributed by atoms with Crippen molar-refractivity contribution in [2.75, 3.05) is 6.61 Å². The fourth-order valence-electron chi connectivity index (χ4n) is 2.47. The second-order valence-corrected chi connectivity index (χ2v) is 6.90. The summed E-state index contributed by atoms with van der Waals surface area (Å²) in [6.07, 6.45) is 1.63. The SMILES string of the molecule is NNC(Cc1cc(Cl)cc2c1OCC2)c1ccc(Cl)s1. The van der Waals surface area contributed by atoms with Crippen molar-refractivity contribution in [1.29, 1.82) is 0 Å². The van der Waals surface area contributed by atoms with E-state index in [-0.39, 0.29) is 6.04 Å². The Balaban J connectivity index is 1.90. The third-order valence-corrected chi connectivity index (χ3v) is 4.95. The second kappa shape index (κ2) is 5.92. The molecular formula is C14H14Cl2N2OS. The van der Waals surface area contributed by atoms with E-state index >= 15 is 0 Å². The highest BCUT2D eigenvalue weighted by Crippen LogP contribution is 2.36. The maximum Gasteiger partial charge on any atom is 0.125 e. The van der Waals surface area contributed by atoms with Crippen LogP contribution >= 0.6 is 34.5 Å². The van der Waals surface area contributed by atoms with Gasteiger partial charge in [0.1, 0.15) is 5.75 Å². The van der Waals surface area contributed by atoms with E-state index in [4.69, 9.17) is 33.8 Å². The molecule has 20 heavy (non-hydrogen) atoms. The Morgan fingerprint density at radius 3 is 2.90 bits per heavy atom. The molecule has 0 radical (unpaired) electrons. The van der Waals surface area contributed by atoms with Crippen molar-refractivity contribution in [2.45, 2.75) is 18.9 Å². The first-order valence-electron chi connectivity index (χ1n) is 6.33. The standard InChI is InChI=1S/C14H14Cl2N2OS/c15-10-5-8-3-4-19-14(8)9(6-10)7-11(18-17)12-1-2-13(16)20-12/h1-2,5-6,11,18H,3-4,7,17H2. The van der Waals surface area contributed by atoms with Gasteiger partial charge in [0, 0.05) is 16.3 Å². The van der Waals surface area contributed by atoms with E-state index in [1.54, 1.807) is 0 Å². The van der Waals surface area contributed by atoms with Gasteiger partial charge in [0.15, 0.2) is 0 Å². The summed E-state index contributed by atoms with van der Waals surface area (Å²) in [5, 5.41) is 0.740. The van der Waals surface area contributed by atoms with E-state index in [1.165, 1.54) is 16.9 Å². The van der Waals surface area contributed by atoms with Crippen molar-refractivity contribution in [3.8, 4) is 5.75 Å². The van der Waals surface area contributed by atoms with Gasteiger partial charge < -0.3 is 4.74 Å². The first-order chi connectivity index (χ1) is 9.67. The number of benzene rings is 1. The van der Waals surface area contributed by atoms with Crippen molar-refractivity contribution in [2.24, 2.45) is 5.84 Å². The summed E-state index contributed by atoms with van der Waals surface area (Å²) in [5.41, 5.74) is 5.10. The molecule has 3 N–H and O–H groups in total. The molecule has 1 atom stereocenters. The van der Waals surface area contributed by atoms with Crippen LogP contribution in [-0.2, 0) is 12.8 Å². The molecule has 3 rings (SSSR count). The Hall–Kier alpha value is -0.780. The van der Waals surface area contributed by atoms with Gasteiger partial charge in [-0.15, -0.1) is 11.3 Å². The lowest BCUT2D eigenvalue weighted by atomic mass is 10.0. The first-order valence-corrected chi connectivity index (χ1v) is 7.90. The summed E-state index contributed by atoms with van der Waals surface area (Å²) in [4.78, 5) is 1.10. The number of hydrogen-bond donors (Lipinski definition) is 2. The Morgan fingerprint density at radius 1 is 1.35 bits per heavy atom. The molecule has 6 heteroatoms. The monoisotopic (exact) mass is 328 g/mol. The largest absolute Gasteiger partial charge is 0.493 e. The molecule has 0 bridgehead atoms. The van der Waals surface area contributed by atoms with Crippen LogP contribution in [0.1, 0.15) is 22.0 Å². The number of fused-ring (bicyclic) bond motifs is 1. The van der Waals surface area contributed by atoms with E-state index in [0.29, 0.717) is 6.61 Å². The van der Waals surface area contributed by atoms with Gasteiger partial charge in [0.25, 0.3) is 0 Å².